The molecule has 0 spiro atoms. The Labute approximate surface area is 146 Å². The summed E-state index contributed by atoms with van der Waals surface area (Å²) in [6, 6.07) is 6.95. The molecule has 6 heteroatoms. The third kappa shape index (κ3) is 4.90. The average molecular weight is 362 g/mol. The molecule has 2 fully saturated rings. The lowest BCUT2D eigenvalue weighted by atomic mass is 10.1. The van der Waals surface area contributed by atoms with Crippen molar-refractivity contribution in [2.45, 2.75) is 6.42 Å². The van der Waals surface area contributed by atoms with Crippen molar-refractivity contribution < 1.29 is 9.13 Å². The second-order valence-corrected chi connectivity index (χ2v) is 7.68. The van der Waals surface area contributed by atoms with Crippen molar-refractivity contribution >= 4 is 41.5 Å². The highest BCUT2D eigenvalue weighted by molar-refractivity contribution is 8.23. The van der Waals surface area contributed by atoms with Gasteiger partial charge in [0.1, 0.15) is 5.82 Å². The molecule has 2 heterocycles. The predicted octanol–water partition coefficient (Wildman–Crippen LogP) is 4.12. The first-order valence-electron chi connectivity index (χ1n) is 7.38. The molecule has 0 unspecified atom stereocenters. The fourth-order valence-corrected chi connectivity index (χ4v) is 5.19. The molecule has 0 aliphatic carbocycles. The Kier molecular flexibility index (Phi) is 7.57. The van der Waals surface area contributed by atoms with Gasteiger partial charge in [-0.3, -0.25) is 4.90 Å². The summed E-state index contributed by atoms with van der Waals surface area (Å²) in [7, 11) is 0. The Morgan fingerprint density at radius 1 is 1.09 bits per heavy atom. The molecule has 0 aromatic heterocycles. The van der Waals surface area contributed by atoms with Crippen LogP contribution in [0.5, 0.6) is 0 Å². The van der Waals surface area contributed by atoms with Gasteiger partial charge in [0.05, 0.1) is 13.2 Å². The van der Waals surface area contributed by atoms with Gasteiger partial charge in [0, 0.05) is 23.9 Å². The molecule has 1 aromatic carbocycles. The molecule has 2 saturated heterocycles. The number of hydrogen-bond donors (Lipinski definition) is 0. The molecule has 1 aromatic rings. The van der Waals surface area contributed by atoms with Crippen molar-refractivity contribution in [3.63, 3.8) is 0 Å². The van der Waals surface area contributed by atoms with Crippen LogP contribution in [0.1, 0.15) is 12.0 Å². The molecule has 0 atom stereocenters. The van der Waals surface area contributed by atoms with Crippen LogP contribution in [-0.4, -0.2) is 49.3 Å². The first-order chi connectivity index (χ1) is 10.3. The van der Waals surface area contributed by atoms with Crippen LogP contribution in [0.15, 0.2) is 28.5 Å². The van der Waals surface area contributed by atoms with Crippen molar-refractivity contribution in [1.29, 1.82) is 0 Å². The average Bonchev–Trinajstić information content (AvgIpc) is 2.55. The summed E-state index contributed by atoms with van der Waals surface area (Å²) in [5.74, 6) is 2.21. The van der Waals surface area contributed by atoms with Crippen LogP contribution in [0.3, 0.4) is 0 Å². The number of hydrogen-bond acceptors (Lipinski definition) is 4. The second kappa shape index (κ2) is 9.18. The topological polar surface area (TPSA) is 12.5 Å². The van der Waals surface area contributed by atoms with Crippen molar-refractivity contribution in [3.05, 3.63) is 39.9 Å². The lowest BCUT2D eigenvalue weighted by Crippen LogP contribution is -2.37. The van der Waals surface area contributed by atoms with Crippen molar-refractivity contribution in [2.24, 2.45) is 0 Å². The van der Waals surface area contributed by atoms with Gasteiger partial charge >= 0.3 is 0 Å². The van der Waals surface area contributed by atoms with Gasteiger partial charge in [0.25, 0.3) is 0 Å². The molecule has 122 valence electrons. The largest absolute Gasteiger partial charge is 0.379 e. The summed E-state index contributed by atoms with van der Waals surface area (Å²) >= 11 is 3.90. The first kappa shape index (κ1) is 18.1. The van der Waals surface area contributed by atoms with Crippen LogP contribution < -0.4 is 0 Å². The molecule has 2 nitrogen and oxygen atoms in total. The maximum atomic E-state index is 13.2. The molecular formula is C16H21ClFNOS2. The van der Waals surface area contributed by atoms with Gasteiger partial charge in [-0.2, -0.15) is 0 Å². The van der Waals surface area contributed by atoms with E-state index in [0.717, 1.165) is 38.4 Å². The van der Waals surface area contributed by atoms with Gasteiger partial charge in [0.2, 0.25) is 0 Å². The molecule has 0 saturated carbocycles. The van der Waals surface area contributed by atoms with Gasteiger partial charge in [-0.15, -0.1) is 35.9 Å². The maximum absolute atomic E-state index is 13.2. The van der Waals surface area contributed by atoms with Gasteiger partial charge in [-0.1, -0.05) is 12.1 Å². The minimum atomic E-state index is -0.168. The van der Waals surface area contributed by atoms with Crippen LogP contribution in [0.25, 0.3) is 5.57 Å². The van der Waals surface area contributed by atoms with Crippen molar-refractivity contribution in [1.82, 2.24) is 4.90 Å². The molecule has 2 aliphatic rings. The van der Waals surface area contributed by atoms with Crippen molar-refractivity contribution in [3.8, 4) is 0 Å². The number of morpholine rings is 1. The SMILES string of the molecule is Cl.Fc1ccc(C(CN2CCOCC2)=C2SCCCS2)cc1. The number of ether oxygens (including phenoxy) is 1. The van der Waals surface area contributed by atoms with Crippen LogP contribution in [-0.2, 0) is 4.74 Å². The van der Waals surface area contributed by atoms with E-state index in [1.165, 1.54) is 27.7 Å². The van der Waals surface area contributed by atoms with E-state index in [0.29, 0.717) is 0 Å². The van der Waals surface area contributed by atoms with E-state index in [1.54, 1.807) is 12.1 Å². The smallest absolute Gasteiger partial charge is 0.123 e. The summed E-state index contributed by atoms with van der Waals surface area (Å²) < 4.78 is 20.0. The van der Waals surface area contributed by atoms with Gasteiger partial charge in [-0.05, 0) is 41.2 Å². The normalized spacial score (nSPS) is 19.6. The number of rotatable bonds is 3. The monoisotopic (exact) mass is 361 g/mol. The summed E-state index contributed by atoms with van der Waals surface area (Å²) in [6.45, 7) is 4.52. The Morgan fingerprint density at radius 2 is 1.73 bits per heavy atom. The van der Waals surface area contributed by atoms with Crippen LogP contribution in [0.4, 0.5) is 4.39 Å². The molecule has 3 rings (SSSR count). The standard InChI is InChI=1S/C16H20FNOS2.ClH/c17-14-4-2-13(3-5-14)15(16-20-10-1-11-21-16)12-18-6-8-19-9-7-18;/h2-5H,1,6-12H2;1H. The third-order valence-electron chi connectivity index (χ3n) is 3.68. The van der Waals surface area contributed by atoms with E-state index in [2.05, 4.69) is 4.90 Å². The minimum Gasteiger partial charge on any atom is -0.379 e. The quantitative estimate of drug-likeness (QED) is 0.802. The fraction of sp³-hybridized carbons (Fsp3) is 0.500. The Hall–Kier alpha value is -0.200. The zero-order valence-electron chi connectivity index (χ0n) is 12.4. The number of thioether (sulfide) groups is 2. The van der Waals surface area contributed by atoms with Gasteiger partial charge in [0.15, 0.2) is 0 Å². The predicted molar refractivity (Wildman–Crippen MR) is 97.4 cm³/mol. The van der Waals surface area contributed by atoms with Gasteiger partial charge in [-0.25, -0.2) is 4.39 Å². The van der Waals surface area contributed by atoms with E-state index in [4.69, 9.17) is 4.74 Å². The first-order valence-corrected chi connectivity index (χ1v) is 9.35. The lowest BCUT2D eigenvalue weighted by molar-refractivity contribution is 0.0444. The Morgan fingerprint density at radius 3 is 2.36 bits per heavy atom. The van der Waals surface area contributed by atoms with Crippen LogP contribution in [0.2, 0.25) is 0 Å². The van der Waals surface area contributed by atoms with E-state index < -0.39 is 0 Å². The minimum absolute atomic E-state index is 0. The molecule has 0 amide bonds. The summed E-state index contributed by atoms with van der Waals surface area (Å²) in [6.07, 6.45) is 1.27. The Bertz CT molecular complexity index is 495. The number of benzene rings is 1. The van der Waals surface area contributed by atoms with Crippen LogP contribution >= 0.6 is 35.9 Å². The van der Waals surface area contributed by atoms with Crippen molar-refractivity contribution in [2.75, 3.05) is 44.4 Å². The summed E-state index contributed by atoms with van der Waals surface area (Å²) in [4.78, 5) is 2.44. The number of nitrogens with zero attached hydrogens (tertiary/aromatic N) is 1. The molecule has 22 heavy (non-hydrogen) atoms. The highest BCUT2D eigenvalue weighted by Crippen LogP contribution is 2.40. The Balaban J connectivity index is 0.00000176. The summed E-state index contributed by atoms with van der Waals surface area (Å²) in [5, 5.41) is 0. The maximum Gasteiger partial charge on any atom is 0.123 e. The molecular weight excluding hydrogens is 341 g/mol. The third-order valence-corrected chi connectivity index (χ3v) is 6.39. The molecule has 0 radical (unpaired) electrons. The van der Waals surface area contributed by atoms with E-state index in [1.807, 2.05) is 35.7 Å². The van der Waals surface area contributed by atoms with E-state index in [-0.39, 0.29) is 18.2 Å². The fourth-order valence-electron chi connectivity index (χ4n) is 2.51. The van der Waals surface area contributed by atoms with E-state index in [9.17, 15) is 4.39 Å². The van der Waals surface area contributed by atoms with Gasteiger partial charge < -0.3 is 4.74 Å². The highest BCUT2D eigenvalue weighted by Gasteiger charge is 2.19. The molecule has 2 aliphatic heterocycles. The second-order valence-electron chi connectivity index (χ2n) is 5.21. The zero-order chi connectivity index (χ0) is 14.5. The molecule has 0 bridgehead atoms. The lowest BCUT2D eigenvalue weighted by Gasteiger charge is -2.29. The zero-order valence-corrected chi connectivity index (χ0v) is 14.9. The summed E-state index contributed by atoms with van der Waals surface area (Å²) in [5.41, 5.74) is 2.51. The van der Waals surface area contributed by atoms with E-state index >= 15 is 0 Å². The number of halogens is 2. The van der Waals surface area contributed by atoms with Crippen LogP contribution in [0, 0.1) is 5.82 Å². The molecule has 0 N–H and O–H groups in total. The highest BCUT2D eigenvalue weighted by atomic mass is 35.5.